The third-order valence-electron chi connectivity index (χ3n) is 3.07. The normalized spacial score (nSPS) is 13.7. The van der Waals surface area contributed by atoms with E-state index >= 15 is 0 Å². The van der Waals surface area contributed by atoms with Gasteiger partial charge in [0.2, 0.25) is 0 Å². The second-order valence-electron chi connectivity index (χ2n) is 4.71. The summed E-state index contributed by atoms with van der Waals surface area (Å²) in [6, 6.07) is 8.32. The van der Waals surface area contributed by atoms with Gasteiger partial charge >= 0.3 is 12.5 Å². The summed E-state index contributed by atoms with van der Waals surface area (Å²) in [4.78, 5) is 0. The highest BCUT2D eigenvalue weighted by Gasteiger charge is 2.31. The maximum Gasteiger partial charge on any atom is 0.573 e. The van der Waals surface area contributed by atoms with Crippen LogP contribution >= 0.6 is 0 Å². The van der Waals surface area contributed by atoms with Gasteiger partial charge in [-0.3, -0.25) is 0 Å². The Kier molecular flexibility index (Phi) is 4.56. The number of rotatable bonds is 3. The standard InChI is InChI=1S/C15H11F6NO/c16-14(17,18)11-5-1-9(2-6-11)13(22)10-3-7-12(8-4-10)23-15(19,20)21/h1-8,13H,22H2/t13-/m1/s1. The second kappa shape index (κ2) is 6.11. The van der Waals surface area contributed by atoms with Crippen molar-refractivity contribution >= 4 is 0 Å². The van der Waals surface area contributed by atoms with Gasteiger partial charge in [0.25, 0.3) is 0 Å². The maximum absolute atomic E-state index is 12.5. The summed E-state index contributed by atoms with van der Waals surface area (Å²) in [7, 11) is 0. The van der Waals surface area contributed by atoms with Gasteiger partial charge in [-0.15, -0.1) is 13.2 Å². The van der Waals surface area contributed by atoms with E-state index < -0.39 is 29.9 Å². The highest BCUT2D eigenvalue weighted by molar-refractivity contribution is 5.36. The molecule has 0 fully saturated rings. The van der Waals surface area contributed by atoms with Crippen molar-refractivity contribution in [2.75, 3.05) is 0 Å². The molecule has 0 aliphatic rings. The zero-order valence-corrected chi connectivity index (χ0v) is 11.4. The minimum Gasteiger partial charge on any atom is -0.406 e. The molecular formula is C15H11F6NO. The fraction of sp³-hybridized carbons (Fsp3) is 0.200. The topological polar surface area (TPSA) is 35.2 Å². The van der Waals surface area contributed by atoms with Gasteiger partial charge in [0.15, 0.2) is 0 Å². The van der Waals surface area contributed by atoms with Crippen molar-refractivity contribution in [1.82, 2.24) is 0 Å². The van der Waals surface area contributed by atoms with Crippen LogP contribution in [0.2, 0.25) is 0 Å². The summed E-state index contributed by atoms with van der Waals surface area (Å²) in [5.41, 5.74) is 5.95. The molecule has 2 rings (SSSR count). The molecule has 0 unspecified atom stereocenters. The molecule has 0 saturated heterocycles. The van der Waals surface area contributed by atoms with E-state index in [-0.39, 0.29) is 0 Å². The van der Waals surface area contributed by atoms with Gasteiger partial charge in [-0.1, -0.05) is 24.3 Å². The van der Waals surface area contributed by atoms with Crippen LogP contribution in [0.4, 0.5) is 26.3 Å². The van der Waals surface area contributed by atoms with Crippen LogP contribution in [0.25, 0.3) is 0 Å². The molecule has 0 spiro atoms. The smallest absolute Gasteiger partial charge is 0.406 e. The van der Waals surface area contributed by atoms with Gasteiger partial charge < -0.3 is 10.5 Å². The number of alkyl halides is 6. The zero-order valence-electron chi connectivity index (χ0n) is 11.4. The summed E-state index contributed by atoms with van der Waals surface area (Å²) < 4.78 is 77.4. The van der Waals surface area contributed by atoms with E-state index in [1.807, 2.05) is 0 Å². The third kappa shape index (κ3) is 4.62. The fourth-order valence-corrected chi connectivity index (χ4v) is 1.95. The summed E-state index contributed by atoms with van der Waals surface area (Å²) >= 11 is 0. The Bertz CT molecular complexity index is 646. The Labute approximate surface area is 127 Å². The number of hydrogen-bond acceptors (Lipinski definition) is 2. The summed E-state index contributed by atoms with van der Waals surface area (Å²) in [5.74, 6) is -0.402. The third-order valence-corrected chi connectivity index (χ3v) is 3.07. The number of ether oxygens (including phenoxy) is 1. The molecule has 124 valence electrons. The van der Waals surface area contributed by atoms with Crippen LogP contribution in [-0.2, 0) is 6.18 Å². The first kappa shape index (κ1) is 17.1. The van der Waals surface area contributed by atoms with Crippen LogP contribution in [0.15, 0.2) is 48.5 Å². The second-order valence-corrected chi connectivity index (χ2v) is 4.71. The predicted molar refractivity (Wildman–Crippen MR) is 70.6 cm³/mol. The molecule has 0 aliphatic carbocycles. The first-order valence-electron chi connectivity index (χ1n) is 6.35. The van der Waals surface area contributed by atoms with Crippen LogP contribution < -0.4 is 10.5 Å². The van der Waals surface area contributed by atoms with Gasteiger partial charge in [0.1, 0.15) is 5.75 Å². The van der Waals surface area contributed by atoms with E-state index in [1.165, 1.54) is 24.3 Å². The van der Waals surface area contributed by atoms with Gasteiger partial charge in [0.05, 0.1) is 11.6 Å². The Morgan fingerprint density at radius 1 is 0.739 bits per heavy atom. The first-order valence-corrected chi connectivity index (χ1v) is 6.35. The van der Waals surface area contributed by atoms with Crippen LogP contribution in [-0.4, -0.2) is 6.36 Å². The lowest BCUT2D eigenvalue weighted by Gasteiger charge is -2.15. The maximum atomic E-state index is 12.5. The predicted octanol–water partition coefficient (Wildman–Crippen LogP) is 4.65. The van der Waals surface area contributed by atoms with Crippen molar-refractivity contribution in [3.8, 4) is 5.75 Å². The lowest BCUT2D eigenvalue weighted by Crippen LogP contribution is -2.17. The van der Waals surface area contributed by atoms with Crippen LogP contribution in [0.1, 0.15) is 22.7 Å². The lowest BCUT2D eigenvalue weighted by molar-refractivity contribution is -0.274. The van der Waals surface area contributed by atoms with E-state index in [1.54, 1.807) is 0 Å². The highest BCUT2D eigenvalue weighted by Crippen LogP contribution is 2.31. The fourth-order valence-electron chi connectivity index (χ4n) is 1.95. The van der Waals surface area contributed by atoms with Gasteiger partial charge in [-0.05, 0) is 35.4 Å². The molecule has 2 nitrogen and oxygen atoms in total. The molecule has 23 heavy (non-hydrogen) atoms. The minimum atomic E-state index is -4.79. The molecule has 0 aromatic heterocycles. The molecular weight excluding hydrogens is 324 g/mol. The Balaban J connectivity index is 2.15. The Morgan fingerprint density at radius 2 is 1.17 bits per heavy atom. The lowest BCUT2D eigenvalue weighted by atomic mass is 9.98. The van der Waals surface area contributed by atoms with Crippen LogP contribution in [0.3, 0.4) is 0 Å². The van der Waals surface area contributed by atoms with E-state index in [0.717, 1.165) is 24.3 Å². The average molecular weight is 335 g/mol. The highest BCUT2D eigenvalue weighted by atomic mass is 19.4. The minimum absolute atomic E-state index is 0.402. The summed E-state index contributed by atoms with van der Waals surface area (Å²) in [6.45, 7) is 0. The van der Waals surface area contributed by atoms with Gasteiger partial charge in [0, 0.05) is 0 Å². The molecule has 1 atom stereocenters. The molecule has 0 radical (unpaired) electrons. The molecule has 2 aromatic rings. The number of hydrogen-bond donors (Lipinski definition) is 1. The molecule has 0 bridgehead atoms. The number of halogens is 6. The summed E-state index contributed by atoms with van der Waals surface area (Å²) in [6.07, 6.45) is -9.24. The number of benzene rings is 2. The van der Waals surface area contributed by atoms with Crippen molar-refractivity contribution < 1.29 is 31.1 Å². The van der Waals surface area contributed by atoms with Crippen LogP contribution in [0, 0.1) is 0 Å². The van der Waals surface area contributed by atoms with Gasteiger partial charge in [-0.25, -0.2) is 0 Å². The molecule has 0 heterocycles. The molecule has 0 aliphatic heterocycles. The monoisotopic (exact) mass is 335 g/mol. The molecule has 0 saturated carbocycles. The average Bonchev–Trinajstić information content (AvgIpc) is 2.45. The quantitative estimate of drug-likeness (QED) is 0.829. The SMILES string of the molecule is N[C@@H](c1ccc(OC(F)(F)F)cc1)c1ccc(C(F)(F)F)cc1. The molecule has 2 N–H and O–H groups in total. The molecule has 0 amide bonds. The number of nitrogens with two attached hydrogens (primary N) is 1. The molecule has 2 aromatic carbocycles. The Hall–Kier alpha value is -2.22. The zero-order chi connectivity index (χ0) is 17.3. The van der Waals surface area contributed by atoms with Crippen molar-refractivity contribution in [2.24, 2.45) is 5.73 Å². The Morgan fingerprint density at radius 3 is 1.57 bits per heavy atom. The van der Waals surface area contributed by atoms with E-state index in [0.29, 0.717) is 11.1 Å². The van der Waals surface area contributed by atoms with Crippen molar-refractivity contribution in [3.05, 3.63) is 65.2 Å². The van der Waals surface area contributed by atoms with Gasteiger partial charge in [-0.2, -0.15) is 13.2 Å². The van der Waals surface area contributed by atoms with E-state index in [2.05, 4.69) is 4.74 Å². The summed E-state index contributed by atoms with van der Waals surface area (Å²) in [5, 5.41) is 0. The van der Waals surface area contributed by atoms with Crippen molar-refractivity contribution in [1.29, 1.82) is 0 Å². The van der Waals surface area contributed by atoms with Crippen LogP contribution in [0.5, 0.6) is 5.75 Å². The van der Waals surface area contributed by atoms with E-state index in [9.17, 15) is 26.3 Å². The van der Waals surface area contributed by atoms with Crippen molar-refractivity contribution in [3.63, 3.8) is 0 Å². The van der Waals surface area contributed by atoms with E-state index in [4.69, 9.17) is 5.73 Å². The largest absolute Gasteiger partial charge is 0.573 e. The molecule has 8 heteroatoms. The first-order chi connectivity index (χ1) is 10.6. The van der Waals surface area contributed by atoms with Crippen molar-refractivity contribution in [2.45, 2.75) is 18.6 Å².